The van der Waals surface area contributed by atoms with Crippen molar-refractivity contribution in [1.82, 2.24) is 4.90 Å². The van der Waals surface area contributed by atoms with Crippen LogP contribution < -0.4 is 0 Å². The number of carbonyl (C=O) groups is 1. The highest BCUT2D eigenvalue weighted by molar-refractivity contribution is 7.80. The number of nitrogens with zero attached hydrogens (tertiary/aromatic N) is 1. The predicted molar refractivity (Wildman–Crippen MR) is 111 cm³/mol. The third-order valence-electron chi connectivity index (χ3n) is 5.72. The zero-order chi connectivity index (χ0) is 17.6. The zero-order valence-electron chi connectivity index (χ0n) is 14.0. The number of amides is 1. The second kappa shape index (κ2) is 4.57. The van der Waals surface area contributed by atoms with Crippen molar-refractivity contribution in [2.24, 2.45) is 0 Å². The van der Waals surface area contributed by atoms with Gasteiger partial charge in [-0.3, -0.25) is 4.79 Å². The number of thiocarbonyl (C=S) groups is 1. The van der Waals surface area contributed by atoms with Crippen LogP contribution in [0.15, 0.2) is 60.7 Å². The quantitative estimate of drug-likeness (QED) is 0.209. The van der Waals surface area contributed by atoms with E-state index in [0.717, 1.165) is 21.9 Å². The average molecular weight is 351 g/mol. The van der Waals surface area contributed by atoms with Gasteiger partial charge in [0.2, 0.25) is 0 Å². The van der Waals surface area contributed by atoms with E-state index in [1.54, 1.807) is 11.9 Å². The Hall–Kier alpha value is -3.04. The fourth-order valence-corrected chi connectivity index (χ4v) is 4.80. The molecule has 1 amide bonds. The molecule has 0 spiro atoms. The molecule has 0 N–H and O–H groups in total. The summed E-state index contributed by atoms with van der Waals surface area (Å²) in [6.07, 6.45) is 0. The molecule has 5 aromatic rings. The molecule has 6 rings (SSSR count). The van der Waals surface area contributed by atoms with Gasteiger partial charge in [-0.15, -0.1) is 0 Å². The molecule has 3 heteroatoms. The molecule has 1 aliphatic heterocycles. The van der Waals surface area contributed by atoms with Gasteiger partial charge < -0.3 is 4.90 Å². The van der Waals surface area contributed by atoms with Crippen molar-refractivity contribution in [2.75, 3.05) is 7.05 Å². The molecule has 26 heavy (non-hydrogen) atoms. The molecule has 0 bridgehead atoms. The van der Waals surface area contributed by atoms with E-state index in [1.165, 1.54) is 32.3 Å². The van der Waals surface area contributed by atoms with Gasteiger partial charge in [0.1, 0.15) is 4.99 Å². The van der Waals surface area contributed by atoms with Crippen LogP contribution in [0.3, 0.4) is 0 Å². The summed E-state index contributed by atoms with van der Waals surface area (Å²) in [4.78, 5) is 15.0. The van der Waals surface area contributed by atoms with E-state index >= 15 is 0 Å². The van der Waals surface area contributed by atoms with Crippen LogP contribution in [0.4, 0.5) is 0 Å². The largest absolute Gasteiger partial charge is 0.302 e. The Morgan fingerprint density at radius 1 is 0.692 bits per heavy atom. The van der Waals surface area contributed by atoms with Gasteiger partial charge in [0.05, 0.1) is 0 Å². The Kier molecular flexibility index (Phi) is 2.49. The Morgan fingerprint density at radius 2 is 1.27 bits per heavy atom. The molecule has 0 unspecified atom stereocenters. The highest BCUT2D eigenvalue weighted by Crippen LogP contribution is 2.43. The molecule has 0 aromatic heterocycles. The van der Waals surface area contributed by atoms with Crippen molar-refractivity contribution in [3.05, 3.63) is 71.8 Å². The number of fused-ring (bicyclic) bond motifs is 2. The van der Waals surface area contributed by atoms with Crippen LogP contribution in [0.1, 0.15) is 15.9 Å². The summed E-state index contributed by atoms with van der Waals surface area (Å²) in [6, 6.07) is 21.1. The highest BCUT2D eigenvalue weighted by Gasteiger charge is 2.29. The summed E-state index contributed by atoms with van der Waals surface area (Å²) in [6.45, 7) is 0. The van der Waals surface area contributed by atoms with E-state index in [9.17, 15) is 4.79 Å². The molecule has 0 radical (unpaired) electrons. The number of hydrogen-bond donors (Lipinski definition) is 0. The fraction of sp³-hybridized carbons (Fsp3) is 0.0435. The summed E-state index contributed by atoms with van der Waals surface area (Å²) in [7, 11) is 1.75. The second-order valence-corrected chi connectivity index (χ2v) is 7.34. The lowest BCUT2D eigenvalue weighted by Gasteiger charge is -2.27. The van der Waals surface area contributed by atoms with E-state index in [1.807, 2.05) is 6.07 Å². The molecular formula is C23H13NOS. The summed E-state index contributed by atoms with van der Waals surface area (Å²) in [5.41, 5.74) is 1.72. The Bertz CT molecular complexity index is 1330. The molecule has 1 heterocycles. The number of hydrogen-bond acceptors (Lipinski definition) is 2. The van der Waals surface area contributed by atoms with Crippen molar-refractivity contribution in [3.63, 3.8) is 0 Å². The second-order valence-electron chi connectivity index (χ2n) is 6.95. The van der Waals surface area contributed by atoms with Gasteiger partial charge in [0.25, 0.3) is 5.91 Å². The van der Waals surface area contributed by atoms with E-state index in [4.69, 9.17) is 12.2 Å². The van der Waals surface area contributed by atoms with Crippen LogP contribution in [0.5, 0.6) is 0 Å². The molecule has 0 saturated heterocycles. The lowest BCUT2D eigenvalue weighted by atomic mass is 9.85. The maximum absolute atomic E-state index is 12.8. The van der Waals surface area contributed by atoms with Gasteiger partial charge in [-0.2, -0.15) is 0 Å². The normalized spacial score (nSPS) is 14.4. The Morgan fingerprint density at radius 3 is 1.92 bits per heavy atom. The highest BCUT2D eigenvalue weighted by atomic mass is 32.1. The molecule has 1 aliphatic rings. The smallest absolute Gasteiger partial charge is 0.259 e. The molecular weight excluding hydrogens is 338 g/mol. The van der Waals surface area contributed by atoms with Crippen molar-refractivity contribution in [3.8, 4) is 0 Å². The number of rotatable bonds is 0. The fourth-order valence-electron chi connectivity index (χ4n) is 4.54. The molecule has 0 saturated carbocycles. The summed E-state index contributed by atoms with van der Waals surface area (Å²) < 4.78 is 0. The zero-order valence-corrected chi connectivity index (χ0v) is 14.9. The molecule has 5 aromatic carbocycles. The summed E-state index contributed by atoms with van der Waals surface area (Å²) in [5.74, 6) is -0.0248. The monoisotopic (exact) mass is 351 g/mol. The van der Waals surface area contributed by atoms with E-state index < -0.39 is 0 Å². The van der Waals surface area contributed by atoms with Gasteiger partial charge in [-0.25, -0.2) is 0 Å². The number of carbonyl (C=O) groups excluding carboxylic acids is 1. The van der Waals surface area contributed by atoms with Crippen LogP contribution in [0.25, 0.3) is 43.1 Å². The van der Waals surface area contributed by atoms with Crippen molar-refractivity contribution in [2.45, 2.75) is 0 Å². The lowest BCUT2D eigenvalue weighted by molar-refractivity contribution is 0.0873. The van der Waals surface area contributed by atoms with Crippen LogP contribution in [0.2, 0.25) is 0 Å². The predicted octanol–water partition coefficient (Wildman–Crippen LogP) is 5.50. The van der Waals surface area contributed by atoms with Crippen molar-refractivity contribution >= 4 is 66.2 Å². The van der Waals surface area contributed by atoms with Crippen LogP contribution in [-0.4, -0.2) is 22.8 Å². The van der Waals surface area contributed by atoms with E-state index in [2.05, 4.69) is 54.6 Å². The lowest BCUT2D eigenvalue weighted by Crippen LogP contribution is -2.36. The molecule has 0 atom stereocenters. The first kappa shape index (κ1) is 14.2. The van der Waals surface area contributed by atoms with E-state index in [-0.39, 0.29) is 5.91 Å². The minimum absolute atomic E-state index is 0.0248. The van der Waals surface area contributed by atoms with Crippen molar-refractivity contribution in [1.29, 1.82) is 0 Å². The standard InChI is InChI=1S/C23H13NOS/c1-24-22(25)17-10-8-15-13-6-2-4-12-5-3-7-14(19(12)13)16-9-11-18(23(24)26)21(17)20(15)16/h2-11H,1H3. The third kappa shape index (κ3) is 1.49. The third-order valence-corrected chi connectivity index (χ3v) is 6.21. The van der Waals surface area contributed by atoms with Crippen LogP contribution in [-0.2, 0) is 0 Å². The molecule has 0 fully saturated rings. The van der Waals surface area contributed by atoms with Crippen LogP contribution >= 0.6 is 12.2 Å². The van der Waals surface area contributed by atoms with Gasteiger partial charge >= 0.3 is 0 Å². The van der Waals surface area contributed by atoms with E-state index in [0.29, 0.717) is 4.99 Å². The van der Waals surface area contributed by atoms with Gasteiger partial charge in [0, 0.05) is 23.6 Å². The van der Waals surface area contributed by atoms with Crippen LogP contribution in [0, 0.1) is 0 Å². The van der Waals surface area contributed by atoms with Crippen molar-refractivity contribution < 1.29 is 4.79 Å². The summed E-state index contributed by atoms with van der Waals surface area (Å²) >= 11 is 5.58. The molecule has 0 aliphatic carbocycles. The first-order chi connectivity index (χ1) is 12.7. The maximum atomic E-state index is 12.8. The Balaban J connectivity index is 2.00. The first-order valence-corrected chi connectivity index (χ1v) is 9.02. The number of benzene rings is 5. The molecule has 2 nitrogen and oxygen atoms in total. The van der Waals surface area contributed by atoms with Gasteiger partial charge in [0.15, 0.2) is 0 Å². The minimum atomic E-state index is -0.0248. The van der Waals surface area contributed by atoms with Gasteiger partial charge in [-0.1, -0.05) is 66.8 Å². The minimum Gasteiger partial charge on any atom is -0.302 e. The summed E-state index contributed by atoms with van der Waals surface area (Å²) in [5, 5.41) is 9.50. The topological polar surface area (TPSA) is 20.3 Å². The SMILES string of the molecule is CN1C(=O)c2ccc3c4cccc5cccc(c6ccc(c2c36)C1=S)c54. The molecule has 122 valence electrons. The van der Waals surface area contributed by atoms with Gasteiger partial charge in [-0.05, 0) is 43.8 Å². The first-order valence-electron chi connectivity index (χ1n) is 8.61. The Labute approximate surface area is 155 Å². The average Bonchev–Trinajstić information content (AvgIpc) is 2.68. The maximum Gasteiger partial charge on any atom is 0.259 e.